The Morgan fingerprint density at radius 1 is 1.02 bits per heavy atom. The summed E-state index contributed by atoms with van der Waals surface area (Å²) in [6.07, 6.45) is 4.34. The first-order chi connectivity index (χ1) is 19.1. The first-order valence-corrected chi connectivity index (χ1v) is 15.1. The Bertz CT molecular complexity index is 1230. The maximum atomic E-state index is 11.0. The fourth-order valence-electron chi connectivity index (χ4n) is 4.93. The Labute approximate surface area is 245 Å². The lowest BCUT2D eigenvalue weighted by Gasteiger charge is -2.29. The molecule has 0 radical (unpaired) electrons. The summed E-state index contributed by atoms with van der Waals surface area (Å²) >= 11 is 1.67. The molecule has 0 amide bonds. The van der Waals surface area contributed by atoms with Gasteiger partial charge in [0.25, 0.3) is 0 Å². The Kier molecular flexibility index (Phi) is 12.3. The van der Waals surface area contributed by atoms with Crippen LogP contribution in [0.25, 0.3) is 11.1 Å². The number of β-amino-alcohol motifs (C(OH)–C–C–N with tert-alkyl or cyclic N) is 1. The summed E-state index contributed by atoms with van der Waals surface area (Å²) in [7, 11) is 2.03. The van der Waals surface area contributed by atoms with E-state index in [0.29, 0.717) is 19.5 Å². The summed E-state index contributed by atoms with van der Waals surface area (Å²) in [6.45, 7) is 9.80. The largest absolute Gasteiger partial charge is 0.481 e. The summed E-state index contributed by atoms with van der Waals surface area (Å²) in [4.78, 5) is 12.2. The van der Waals surface area contributed by atoms with Crippen LogP contribution in [0.2, 0.25) is 0 Å². The molecule has 5 nitrogen and oxygen atoms in total. The van der Waals surface area contributed by atoms with E-state index in [1.54, 1.807) is 11.9 Å². The van der Waals surface area contributed by atoms with E-state index >= 15 is 0 Å². The maximum absolute atomic E-state index is 11.0. The van der Waals surface area contributed by atoms with E-state index in [4.69, 9.17) is 5.11 Å². The Balaban J connectivity index is 1.53. The normalized spacial score (nSPS) is 12.6. The van der Waals surface area contributed by atoms with Gasteiger partial charge in [0.1, 0.15) is 0 Å². The number of aliphatic hydroxyl groups excluding tert-OH is 1. The molecule has 0 heterocycles. The first-order valence-electron chi connectivity index (χ1n) is 14.4. The van der Waals surface area contributed by atoms with Crippen molar-refractivity contribution in [2.24, 2.45) is 0 Å². The number of aliphatic carboxylic acids is 1. The van der Waals surface area contributed by atoms with E-state index in [9.17, 15) is 9.90 Å². The molecule has 3 N–H and O–H groups in total. The first kappa shape index (κ1) is 31.9. The van der Waals surface area contributed by atoms with Crippen molar-refractivity contribution in [2.45, 2.75) is 82.8 Å². The van der Waals surface area contributed by atoms with Gasteiger partial charge in [-0.3, -0.25) is 4.79 Å². The summed E-state index contributed by atoms with van der Waals surface area (Å²) < 4.78 is 2.11. The molecule has 216 valence electrons. The number of nitrogens with zero attached hydrogens (tertiary/aromatic N) is 1. The van der Waals surface area contributed by atoms with Gasteiger partial charge in [0.15, 0.2) is 0 Å². The van der Waals surface area contributed by atoms with Gasteiger partial charge >= 0.3 is 5.97 Å². The van der Waals surface area contributed by atoms with E-state index in [1.165, 1.54) is 21.6 Å². The second kappa shape index (κ2) is 15.4. The molecule has 40 heavy (non-hydrogen) atoms. The average Bonchev–Trinajstić information content (AvgIpc) is 2.92. The highest BCUT2D eigenvalue weighted by Gasteiger charge is 2.19. The van der Waals surface area contributed by atoms with Gasteiger partial charge in [-0.05, 0) is 117 Å². The summed E-state index contributed by atoms with van der Waals surface area (Å²) in [5, 5.41) is 23.4. The second-order valence-corrected chi connectivity index (χ2v) is 12.6. The lowest BCUT2D eigenvalue weighted by molar-refractivity contribution is -0.136. The number of carboxylic acid groups (broad SMARTS) is 1. The predicted octanol–water partition coefficient (Wildman–Crippen LogP) is 6.93. The van der Waals surface area contributed by atoms with E-state index in [2.05, 4.69) is 98.0 Å². The molecule has 3 rings (SSSR count). The van der Waals surface area contributed by atoms with Crippen LogP contribution < -0.4 is 5.32 Å². The number of benzene rings is 3. The van der Waals surface area contributed by atoms with Crippen molar-refractivity contribution in [1.29, 1.82) is 0 Å². The van der Waals surface area contributed by atoms with Gasteiger partial charge in [-0.1, -0.05) is 61.5 Å². The third kappa shape index (κ3) is 10.4. The van der Waals surface area contributed by atoms with E-state index in [-0.39, 0.29) is 12.0 Å². The van der Waals surface area contributed by atoms with Crippen LogP contribution >= 0.6 is 11.9 Å². The molecular weight excluding hydrogens is 516 g/mol. The molecule has 0 saturated carbocycles. The number of nitrogens with one attached hydrogen (secondary N) is 1. The molecular formula is C34H46N2O3S. The highest BCUT2D eigenvalue weighted by molar-refractivity contribution is 7.97. The van der Waals surface area contributed by atoms with Gasteiger partial charge in [-0.25, -0.2) is 4.31 Å². The quantitative estimate of drug-likeness (QED) is 0.164. The minimum Gasteiger partial charge on any atom is -0.481 e. The minimum atomic E-state index is -0.774. The van der Waals surface area contributed by atoms with Crippen molar-refractivity contribution in [1.82, 2.24) is 9.62 Å². The fourth-order valence-corrected chi connectivity index (χ4v) is 5.96. The van der Waals surface area contributed by atoms with Crippen LogP contribution in [0.3, 0.4) is 0 Å². The molecule has 6 heteroatoms. The zero-order valence-corrected chi connectivity index (χ0v) is 25.6. The van der Waals surface area contributed by atoms with E-state index in [1.807, 2.05) is 13.1 Å². The zero-order valence-electron chi connectivity index (χ0n) is 24.7. The smallest absolute Gasteiger partial charge is 0.303 e. The van der Waals surface area contributed by atoms with Crippen molar-refractivity contribution < 1.29 is 15.0 Å². The number of aliphatic hydroxyl groups is 1. The van der Waals surface area contributed by atoms with Crippen molar-refractivity contribution in [2.75, 3.05) is 20.1 Å². The van der Waals surface area contributed by atoms with Gasteiger partial charge in [-0.2, -0.15) is 0 Å². The molecule has 3 aromatic carbocycles. The Morgan fingerprint density at radius 2 is 1.77 bits per heavy atom. The number of hydrogen-bond acceptors (Lipinski definition) is 5. The standard InChI is InChI=1S/C34H46N2O3S/c1-6-28-22-29(31-21-27(15-14-25(31)2)16-19-33(38)39)17-18-32(28)40-36(5)24-30(37)23-35-34(3,4)20-10-13-26-11-8-7-9-12-26/h7-9,11-12,14-15,17-18,21-22,30,35,37H,6,10,13,16,19-20,23-24H2,1-5H3,(H,38,39)/t30-/m1/s1. The van der Waals surface area contributed by atoms with Crippen LogP contribution in [0.5, 0.6) is 0 Å². The minimum absolute atomic E-state index is 0.0320. The fraction of sp³-hybridized carbons (Fsp3) is 0.441. The van der Waals surface area contributed by atoms with Crippen molar-refractivity contribution in [3.63, 3.8) is 0 Å². The Hall–Kier alpha value is -2.64. The zero-order chi connectivity index (χ0) is 29.1. The molecule has 0 aliphatic rings. The molecule has 0 unspecified atom stereocenters. The maximum Gasteiger partial charge on any atom is 0.303 e. The summed E-state index contributed by atoms with van der Waals surface area (Å²) in [6, 6.07) is 23.4. The van der Waals surface area contributed by atoms with Crippen molar-refractivity contribution in [3.8, 4) is 11.1 Å². The highest BCUT2D eigenvalue weighted by Crippen LogP contribution is 2.32. The lowest BCUT2D eigenvalue weighted by atomic mass is 9.95. The van der Waals surface area contributed by atoms with E-state index < -0.39 is 12.1 Å². The molecule has 0 aromatic heterocycles. The average molecular weight is 563 g/mol. The van der Waals surface area contributed by atoms with Crippen LogP contribution in [0.1, 0.15) is 62.3 Å². The van der Waals surface area contributed by atoms with Crippen molar-refractivity contribution in [3.05, 3.63) is 89.0 Å². The van der Waals surface area contributed by atoms with Gasteiger partial charge < -0.3 is 15.5 Å². The number of likely N-dealkylation sites (N-methyl/N-ethyl adjacent to an activating group) is 1. The molecule has 0 aliphatic carbocycles. The molecule has 1 atom stereocenters. The van der Waals surface area contributed by atoms with Crippen molar-refractivity contribution >= 4 is 17.9 Å². The number of rotatable bonds is 16. The number of hydrogen-bond donors (Lipinski definition) is 3. The van der Waals surface area contributed by atoms with Crippen LogP contribution in [-0.4, -0.2) is 52.3 Å². The second-order valence-electron chi connectivity index (χ2n) is 11.4. The topological polar surface area (TPSA) is 72.8 Å². The third-order valence-corrected chi connectivity index (χ3v) is 8.39. The summed E-state index contributed by atoms with van der Waals surface area (Å²) in [5.41, 5.74) is 7.12. The third-order valence-electron chi connectivity index (χ3n) is 7.33. The van der Waals surface area contributed by atoms with Crippen LogP contribution in [-0.2, 0) is 24.1 Å². The molecule has 0 bridgehead atoms. The Morgan fingerprint density at radius 3 is 2.48 bits per heavy atom. The van der Waals surface area contributed by atoms with Crippen LogP contribution in [0, 0.1) is 6.92 Å². The van der Waals surface area contributed by atoms with E-state index in [0.717, 1.165) is 42.4 Å². The molecule has 3 aromatic rings. The molecule has 0 saturated heterocycles. The van der Waals surface area contributed by atoms with Gasteiger partial charge in [0, 0.05) is 29.9 Å². The molecule has 0 aliphatic heterocycles. The number of carbonyl (C=O) groups is 1. The van der Waals surface area contributed by atoms with Gasteiger partial charge in [-0.15, -0.1) is 0 Å². The van der Waals surface area contributed by atoms with Gasteiger partial charge in [0.2, 0.25) is 0 Å². The highest BCUT2D eigenvalue weighted by atomic mass is 32.2. The SMILES string of the molecule is CCc1cc(-c2cc(CCC(=O)O)ccc2C)ccc1SN(C)C[C@H](O)CNC(C)(C)CCCc1ccccc1. The monoisotopic (exact) mass is 562 g/mol. The van der Waals surface area contributed by atoms with Gasteiger partial charge in [0.05, 0.1) is 6.10 Å². The predicted molar refractivity (Wildman–Crippen MR) is 168 cm³/mol. The number of aryl methyl sites for hydroxylation is 4. The lowest BCUT2D eigenvalue weighted by Crippen LogP contribution is -2.45. The number of carboxylic acids is 1. The summed E-state index contributed by atoms with van der Waals surface area (Å²) in [5.74, 6) is -0.774. The van der Waals surface area contributed by atoms with Crippen LogP contribution in [0.15, 0.2) is 71.6 Å². The molecule has 0 spiro atoms. The van der Waals surface area contributed by atoms with Crippen LogP contribution in [0.4, 0.5) is 0 Å². The molecule has 0 fully saturated rings.